The largest absolute Gasteiger partial charge is 0.450 e. The van der Waals surface area contributed by atoms with E-state index in [0.29, 0.717) is 43.5 Å². The van der Waals surface area contributed by atoms with Crippen molar-refractivity contribution in [2.24, 2.45) is 4.99 Å². The summed E-state index contributed by atoms with van der Waals surface area (Å²) in [5, 5.41) is 9.15. The number of hydrogen-bond acceptors (Lipinski definition) is 3. The van der Waals surface area contributed by atoms with E-state index in [2.05, 4.69) is 20.9 Å². The second-order valence-electron chi connectivity index (χ2n) is 8.07. The van der Waals surface area contributed by atoms with E-state index in [1.165, 1.54) is 36.4 Å². The van der Waals surface area contributed by atoms with E-state index in [-0.39, 0.29) is 28.6 Å². The first kappa shape index (κ1) is 25.4. The van der Waals surface area contributed by atoms with Crippen molar-refractivity contribution >= 4 is 35.2 Å². The number of hydrogen-bond donors (Lipinski definition) is 3. The molecule has 0 heterocycles. The van der Waals surface area contributed by atoms with Crippen LogP contribution in [0.1, 0.15) is 48.5 Å². The summed E-state index contributed by atoms with van der Waals surface area (Å²) in [4.78, 5) is 28.6. The quantitative estimate of drug-likeness (QED) is 0.395. The van der Waals surface area contributed by atoms with Crippen LogP contribution in [0.5, 0.6) is 0 Å². The van der Waals surface area contributed by atoms with Crippen LogP contribution >= 0.6 is 11.6 Å². The number of aryl methyl sites for hydroxylation is 1. The van der Waals surface area contributed by atoms with Gasteiger partial charge < -0.3 is 20.7 Å². The summed E-state index contributed by atoms with van der Waals surface area (Å²) in [5.74, 6) is -1.42. The molecular weight excluding hydrogens is 466 g/mol. The van der Waals surface area contributed by atoms with Crippen LogP contribution in [0.2, 0.25) is 5.02 Å². The Morgan fingerprint density at radius 1 is 1.06 bits per heavy atom. The molecule has 2 aromatic carbocycles. The molecule has 2 amide bonds. The maximum absolute atomic E-state index is 13.8. The first-order valence-electron chi connectivity index (χ1n) is 11.1. The maximum atomic E-state index is 13.8. The van der Waals surface area contributed by atoms with Crippen LogP contribution in [0.3, 0.4) is 0 Å². The van der Waals surface area contributed by atoms with Gasteiger partial charge in [0.1, 0.15) is 11.6 Å². The van der Waals surface area contributed by atoms with Gasteiger partial charge in [0.2, 0.25) is 5.96 Å². The van der Waals surface area contributed by atoms with Gasteiger partial charge in [0.15, 0.2) is 0 Å². The van der Waals surface area contributed by atoms with Gasteiger partial charge in [0.05, 0.1) is 6.61 Å². The van der Waals surface area contributed by atoms with Crippen LogP contribution in [0.25, 0.3) is 0 Å². The Bertz CT molecular complexity index is 1050. The number of alkyl carbamates (subject to hydrolysis) is 1. The molecule has 0 bridgehead atoms. The molecule has 0 radical (unpaired) electrons. The summed E-state index contributed by atoms with van der Waals surface area (Å²) in [6.45, 7) is 3.61. The smallest absolute Gasteiger partial charge is 0.407 e. The van der Waals surface area contributed by atoms with Gasteiger partial charge >= 0.3 is 6.09 Å². The normalized spacial score (nSPS) is 18.2. The number of carbonyl (C=O) groups excluding carboxylic acids is 2. The lowest BCUT2D eigenvalue weighted by Crippen LogP contribution is -2.45. The van der Waals surface area contributed by atoms with Crippen LogP contribution < -0.4 is 16.0 Å². The van der Waals surface area contributed by atoms with E-state index < -0.39 is 23.6 Å². The van der Waals surface area contributed by atoms with Crippen LogP contribution in [-0.2, 0) is 4.74 Å². The van der Waals surface area contributed by atoms with E-state index in [4.69, 9.17) is 16.3 Å². The summed E-state index contributed by atoms with van der Waals surface area (Å²) in [6.07, 6.45) is 2.38. The molecule has 1 aliphatic carbocycles. The summed E-state index contributed by atoms with van der Waals surface area (Å²) >= 11 is 5.95. The summed E-state index contributed by atoms with van der Waals surface area (Å²) in [5.41, 5.74) is 0.865. The van der Waals surface area contributed by atoms with Gasteiger partial charge in [-0.05, 0) is 81.5 Å². The molecule has 0 unspecified atom stereocenters. The Hall–Kier alpha value is -3.20. The number of anilines is 1. The third kappa shape index (κ3) is 7.41. The average Bonchev–Trinajstić information content (AvgIpc) is 2.76. The van der Waals surface area contributed by atoms with Gasteiger partial charge in [0, 0.05) is 28.4 Å². The van der Waals surface area contributed by atoms with E-state index in [9.17, 15) is 18.4 Å². The topological polar surface area (TPSA) is 91.8 Å². The summed E-state index contributed by atoms with van der Waals surface area (Å²) in [7, 11) is 0. The Balaban J connectivity index is 1.74. The molecule has 0 atom stereocenters. The predicted octanol–water partition coefficient (Wildman–Crippen LogP) is 5.18. The van der Waals surface area contributed by atoms with Crippen LogP contribution in [-0.4, -0.2) is 36.7 Å². The molecule has 3 N–H and O–H groups in total. The lowest BCUT2D eigenvalue weighted by molar-refractivity contribution is 0.100. The highest BCUT2D eigenvalue weighted by Crippen LogP contribution is 2.21. The molecule has 34 heavy (non-hydrogen) atoms. The standard InChI is InChI=1S/C24H27ClF2N4O3/c1-3-34-24(33)30-19-7-5-18(6-8-19)28-23(29-20-12-16(25)11-17(26)13-20)31-22(32)15-4-9-21(27)14(2)10-15/h4,9-13,18-19H,3,5-8H2,1-2H3,(H,30,33)(H2,28,29,31,32). The lowest BCUT2D eigenvalue weighted by atomic mass is 9.91. The van der Waals surface area contributed by atoms with Crippen molar-refractivity contribution in [3.05, 3.63) is 64.2 Å². The Labute approximate surface area is 201 Å². The van der Waals surface area contributed by atoms with E-state index >= 15 is 0 Å². The number of nitrogens with zero attached hydrogens (tertiary/aromatic N) is 1. The number of carbonyl (C=O) groups is 2. The minimum atomic E-state index is -0.585. The number of aliphatic imine (C=N–C) groups is 1. The SMILES string of the molecule is CCOC(=O)NC1CCC(N/C(=N\C(=O)c2ccc(F)c(C)c2)Nc2cc(F)cc(Cl)c2)CC1. The lowest BCUT2D eigenvalue weighted by Gasteiger charge is -2.30. The molecule has 1 aliphatic rings. The highest BCUT2D eigenvalue weighted by atomic mass is 35.5. The number of amides is 2. The number of ether oxygens (including phenoxy) is 1. The molecule has 10 heteroatoms. The molecule has 0 aliphatic heterocycles. The van der Waals surface area contributed by atoms with Gasteiger partial charge in [-0.3, -0.25) is 4.79 Å². The van der Waals surface area contributed by atoms with Gasteiger partial charge in [-0.25, -0.2) is 13.6 Å². The molecule has 3 rings (SSSR count). The van der Waals surface area contributed by atoms with Gasteiger partial charge in [-0.1, -0.05) is 11.6 Å². The molecule has 1 fully saturated rings. The van der Waals surface area contributed by atoms with Crippen molar-refractivity contribution in [3.8, 4) is 0 Å². The number of rotatable bonds is 5. The van der Waals surface area contributed by atoms with Crippen molar-refractivity contribution in [2.75, 3.05) is 11.9 Å². The second kappa shape index (κ2) is 11.8. The number of benzene rings is 2. The Morgan fingerprint density at radius 3 is 2.35 bits per heavy atom. The number of guanidine groups is 1. The van der Waals surface area contributed by atoms with E-state index in [0.717, 1.165) is 0 Å². The average molecular weight is 493 g/mol. The zero-order chi connectivity index (χ0) is 24.7. The fourth-order valence-electron chi connectivity index (χ4n) is 3.72. The van der Waals surface area contributed by atoms with Crippen molar-refractivity contribution in [1.29, 1.82) is 0 Å². The summed E-state index contributed by atoms with van der Waals surface area (Å²) in [6, 6.07) is 7.85. The maximum Gasteiger partial charge on any atom is 0.407 e. The van der Waals surface area contributed by atoms with Crippen molar-refractivity contribution < 1.29 is 23.1 Å². The van der Waals surface area contributed by atoms with Crippen molar-refractivity contribution in [1.82, 2.24) is 10.6 Å². The minimum absolute atomic E-state index is 0.00343. The Kier molecular flexibility index (Phi) is 8.81. The fourth-order valence-corrected chi connectivity index (χ4v) is 3.94. The molecule has 0 saturated heterocycles. The first-order valence-corrected chi connectivity index (χ1v) is 11.4. The molecule has 0 spiro atoms. The fraction of sp³-hybridized carbons (Fsp3) is 0.375. The monoisotopic (exact) mass is 492 g/mol. The molecule has 0 aromatic heterocycles. The van der Waals surface area contributed by atoms with E-state index in [1.54, 1.807) is 13.8 Å². The molecule has 2 aromatic rings. The number of halogens is 3. The number of nitrogens with one attached hydrogen (secondary N) is 3. The minimum Gasteiger partial charge on any atom is -0.450 e. The van der Waals surface area contributed by atoms with Crippen molar-refractivity contribution in [2.45, 2.75) is 51.6 Å². The van der Waals surface area contributed by atoms with Gasteiger partial charge in [0.25, 0.3) is 5.91 Å². The molecule has 1 saturated carbocycles. The zero-order valence-electron chi connectivity index (χ0n) is 19.0. The second-order valence-corrected chi connectivity index (χ2v) is 8.51. The Morgan fingerprint density at radius 2 is 1.74 bits per heavy atom. The molecular formula is C24H27ClF2N4O3. The van der Waals surface area contributed by atoms with Crippen LogP contribution in [0, 0.1) is 18.6 Å². The van der Waals surface area contributed by atoms with Crippen LogP contribution in [0.4, 0.5) is 19.3 Å². The summed E-state index contributed by atoms with van der Waals surface area (Å²) < 4.78 is 32.3. The molecule has 182 valence electrons. The predicted molar refractivity (Wildman–Crippen MR) is 127 cm³/mol. The highest BCUT2D eigenvalue weighted by molar-refractivity contribution is 6.31. The third-order valence-corrected chi connectivity index (χ3v) is 5.63. The molecule has 7 nitrogen and oxygen atoms in total. The first-order chi connectivity index (χ1) is 16.2. The zero-order valence-corrected chi connectivity index (χ0v) is 19.7. The van der Waals surface area contributed by atoms with Crippen LogP contribution in [0.15, 0.2) is 41.4 Å². The third-order valence-electron chi connectivity index (χ3n) is 5.41. The van der Waals surface area contributed by atoms with Gasteiger partial charge in [-0.2, -0.15) is 4.99 Å². The van der Waals surface area contributed by atoms with Crippen molar-refractivity contribution in [3.63, 3.8) is 0 Å². The van der Waals surface area contributed by atoms with Gasteiger partial charge in [-0.15, -0.1) is 0 Å². The van der Waals surface area contributed by atoms with E-state index in [1.807, 2.05) is 0 Å². The highest BCUT2D eigenvalue weighted by Gasteiger charge is 2.24.